The first kappa shape index (κ1) is 20.4. The van der Waals surface area contributed by atoms with Crippen molar-refractivity contribution in [2.24, 2.45) is 11.7 Å². The smallest absolute Gasteiger partial charge is 0.132 e. The van der Waals surface area contributed by atoms with Crippen molar-refractivity contribution in [3.63, 3.8) is 0 Å². The minimum Gasteiger partial charge on any atom is -0.381 e. The van der Waals surface area contributed by atoms with Crippen LogP contribution in [0.3, 0.4) is 0 Å². The summed E-state index contributed by atoms with van der Waals surface area (Å²) in [5, 5.41) is 0. The molecule has 2 fully saturated rings. The molecule has 3 rings (SSSR count). The van der Waals surface area contributed by atoms with Crippen LogP contribution in [0.4, 0.5) is 5.82 Å². The number of rotatable bonds is 5. The zero-order valence-electron chi connectivity index (χ0n) is 13.7. The van der Waals surface area contributed by atoms with Crippen molar-refractivity contribution in [1.29, 1.82) is 0 Å². The average molecular weight is 363 g/mol. The Labute approximate surface area is 151 Å². The van der Waals surface area contributed by atoms with E-state index in [4.69, 9.17) is 10.5 Å². The van der Waals surface area contributed by atoms with Crippen LogP contribution in [0.1, 0.15) is 44.2 Å². The summed E-state index contributed by atoms with van der Waals surface area (Å²) in [6, 6.07) is 2.53. The van der Waals surface area contributed by atoms with Crippen molar-refractivity contribution in [3.05, 3.63) is 18.1 Å². The quantitative estimate of drug-likeness (QED) is 0.872. The molecule has 0 aromatic carbocycles. The molecule has 1 aromatic rings. The van der Waals surface area contributed by atoms with E-state index in [0.717, 1.165) is 50.7 Å². The maximum absolute atomic E-state index is 5.88. The van der Waals surface area contributed by atoms with Gasteiger partial charge in [0.1, 0.15) is 12.1 Å². The molecule has 0 bridgehead atoms. The lowest BCUT2D eigenvalue weighted by atomic mass is 9.78. The molecule has 7 heteroatoms. The van der Waals surface area contributed by atoms with Gasteiger partial charge < -0.3 is 15.4 Å². The largest absolute Gasteiger partial charge is 0.381 e. The molecule has 1 aliphatic carbocycles. The van der Waals surface area contributed by atoms with Gasteiger partial charge in [-0.3, -0.25) is 0 Å². The molecule has 0 atom stereocenters. The second-order valence-corrected chi connectivity index (χ2v) is 6.32. The molecule has 2 N–H and O–H groups in total. The summed E-state index contributed by atoms with van der Waals surface area (Å²) in [5.41, 5.74) is 7.04. The number of piperidine rings is 1. The normalized spacial score (nSPS) is 24.3. The maximum atomic E-state index is 5.88. The van der Waals surface area contributed by atoms with Gasteiger partial charge in [-0.05, 0) is 38.5 Å². The first-order valence-electron chi connectivity index (χ1n) is 8.16. The summed E-state index contributed by atoms with van der Waals surface area (Å²) in [5.74, 6) is 2.32. The molecule has 1 saturated carbocycles. The number of hydrogen-bond acceptors (Lipinski definition) is 5. The standard InChI is InChI=1S/C16H26N4O.2ClH/c1-2-21-10-12-3-5-20(6-4-12)16-9-15(18-11-19-16)13-7-14(17)8-13;;/h9,11-14H,2-8,10,17H2,1H3;2*1H. The summed E-state index contributed by atoms with van der Waals surface area (Å²) < 4.78 is 5.54. The van der Waals surface area contributed by atoms with Crippen LogP contribution in [-0.4, -0.2) is 42.3 Å². The SMILES string of the molecule is CCOCC1CCN(c2cc(C3CC(N)C3)ncn2)CC1.Cl.Cl. The second kappa shape index (κ2) is 9.62. The molecule has 0 unspecified atom stereocenters. The molecule has 1 aliphatic heterocycles. The van der Waals surface area contributed by atoms with Gasteiger partial charge in [0.25, 0.3) is 0 Å². The highest BCUT2D eigenvalue weighted by molar-refractivity contribution is 5.85. The van der Waals surface area contributed by atoms with Crippen LogP contribution >= 0.6 is 24.8 Å². The summed E-state index contributed by atoms with van der Waals surface area (Å²) >= 11 is 0. The van der Waals surface area contributed by atoms with E-state index in [1.54, 1.807) is 6.33 Å². The van der Waals surface area contributed by atoms with E-state index >= 15 is 0 Å². The van der Waals surface area contributed by atoms with Crippen molar-refractivity contribution in [1.82, 2.24) is 9.97 Å². The van der Waals surface area contributed by atoms with Crippen molar-refractivity contribution < 1.29 is 4.74 Å². The van der Waals surface area contributed by atoms with E-state index in [0.29, 0.717) is 17.9 Å². The van der Waals surface area contributed by atoms with Gasteiger partial charge in [0.05, 0.1) is 0 Å². The summed E-state index contributed by atoms with van der Waals surface area (Å²) in [7, 11) is 0. The first-order valence-corrected chi connectivity index (χ1v) is 8.16. The Balaban J connectivity index is 0.00000132. The Morgan fingerprint density at radius 2 is 1.91 bits per heavy atom. The number of nitrogens with zero attached hydrogens (tertiary/aromatic N) is 3. The monoisotopic (exact) mass is 362 g/mol. The third kappa shape index (κ3) is 5.18. The maximum Gasteiger partial charge on any atom is 0.132 e. The zero-order chi connectivity index (χ0) is 14.7. The third-order valence-corrected chi connectivity index (χ3v) is 4.76. The van der Waals surface area contributed by atoms with E-state index in [2.05, 4.69) is 27.9 Å². The summed E-state index contributed by atoms with van der Waals surface area (Å²) in [6.45, 7) is 5.92. The molecule has 0 radical (unpaired) electrons. The Hall–Kier alpha value is -0.620. The molecule has 2 heterocycles. The van der Waals surface area contributed by atoms with Crippen LogP contribution in [0.15, 0.2) is 12.4 Å². The highest BCUT2D eigenvalue weighted by Gasteiger charge is 2.29. The molecule has 23 heavy (non-hydrogen) atoms. The number of ether oxygens (including phenoxy) is 1. The second-order valence-electron chi connectivity index (χ2n) is 6.32. The van der Waals surface area contributed by atoms with Gasteiger partial charge in [0, 0.05) is 50.0 Å². The van der Waals surface area contributed by atoms with Gasteiger partial charge in [-0.15, -0.1) is 24.8 Å². The number of halogens is 2. The van der Waals surface area contributed by atoms with Gasteiger partial charge in [0.2, 0.25) is 0 Å². The zero-order valence-corrected chi connectivity index (χ0v) is 15.3. The van der Waals surface area contributed by atoms with Crippen LogP contribution in [0, 0.1) is 5.92 Å². The van der Waals surface area contributed by atoms with Gasteiger partial charge in [0.15, 0.2) is 0 Å². The van der Waals surface area contributed by atoms with Crippen LogP contribution < -0.4 is 10.6 Å². The molecule has 0 spiro atoms. The van der Waals surface area contributed by atoms with Gasteiger partial charge in [-0.1, -0.05) is 0 Å². The third-order valence-electron chi connectivity index (χ3n) is 4.76. The fourth-order valence-corrected chi connectivity index (χ4v) is 3.27. The van der Waals surface area contributed by atoms with Gasteiger partial charge >= 0.3 is 0 Å². The molecule has 1 saturated heterocycles. The molecular formula is C16H28Cl2N4O. The Morgan fingerprint density at radius 1 is 1.22 bits per heavy atom. The molecular weight excluding hydrogens is 335 g/mol. The fraction of sp³-hybridized carbons (Fsp3) is 0.750. The molecule has 5 nitrogen and oxygen atoms in total. The Morgan fingerprint density at radius 3 is 2.52 bits per heavy atom. The van der Waals surface area contributed by atoms with Crippen LogP contribution in [0.25, 0.3) is 0 Å². The van der Waals surface area contributed by atoms with Crippen LogP contribution in [0.2, 0.25) is 0 Å². The summed E-state index contributed by atoms with van der Waals surface area (Å²) in [6.07, 6.45) is 6.21. The van der Waals surface area contributed by atoms with Gasteiger partial charge in [-0.2, -0.15) is 0 Å². The van der Waals surface area contributed by atoms with Crippen LogP contribution in [0.5, 0.6) is 0 Å². The highest BCUT2D eigenvalue weighted by Crippen LogP contribution is 2.35. The van der Waals surface area contributed by atoms with Crippen molar-refractivity contribution in [2.75, 3.05) is 31.2 Å². The molecule has 2 aliphatic rings. The van der Waals surface area contributed by atoms with E-state index in [1.165, 1.54) is 12.8 Å². The summed E-state index contributed by atoms with van der Waals surface area (Å²) in [4.78, 5) is 11.3. The lowest BCUT2D eigenvalue weighted by Crippen LogP contribution is -2.37. The van der Waals surface area contributed by atoms with Crippen molar-refractivity contribution in [3.8, 4) is 0 Å². The predicted molar refractivity (Wildman–Crippen MR) is 97.9 cm³/mol. The number of nitrogens with two attached hydrogens (primary N) is 1. The van der Waals surface area contributed by atoms with E-state index < -0.39 is 0 Å². The van der Waals surface area contributed by atoms with Crippen LogP contribution in [-0.2, 0) is 4.74 Å². The topological polar surface area (TPSA) is 64.3 Å². The number of hydrogen-bond donors (Lipinski definition) is 1. The minimum atomic E-state index is 0. The molecule has 132 valence electrons. The molecule has 0 amide bonds. The number of anilines is 1. The van der Waals surface area contributed by atoms with E-state index in [-0.39, 0.29) is 24.8 Å². The van der Waals surface area contributed by atoms with E-state index in [9.17, 15) is 0 Å². The predicted octanol–water partition coefficient (Wildman–Crippen LogP) is 2.78. The first-order chi connectivity index (χ1) is 10.3. The van der Waals surface area contributed by atoms with Crippen molar-refractivity contribution >= 4 is 30.6 Å². The fourth-order valence-electron chi connectivity index (χ4n) is 3.27. The van der Waals surface area contributed by atoms with E-state index in [1.807, 2.05) is 0 Å². The minimum absolute atomic E-state index is 0. The Kier molecular flexibility index (Phi) is 8.54. The Bertz CT molecular complexity index is 463. The highest BCUT2D eigenvalue weighted by atomic mass is 35.5. The average Bonchev–Trinajstić information content (AvgIpc) is 2.50. The lowest BCUT2D eigenvalue weighted by molar-refractivity contribution is 0.100. The lowest BCUT2D eigenvalue weighted by Gasteiger charge is -2.34. The van der Waals surface area contributed by atoms with Crippen molar-refractivity contribution in [2.45, 2.75) is 44.6 Å². The molecule has 1 aromatic heterocycles. The van der Waals surface area contributed by atoms with Gasteiger partial charge in [-0.25, -0.2) is 9.97 Å². The number of aromatic nitrogens is 2.